The van der Waals surface area contributed by atoms with Crippen molar-refractivity contribution in [3.05, 3.63) is 29.3 Å². The monoisotopic (exact) mass is 277 g/mol. The van der Waals surface area contributed by atoms with E-state index in [0.29, 0.717) is 36.8 Å². The molecule has 1 amide bonds. The van der Waals surface area contributed by atoms with Crippen LogP contribution in [0.2, 0.25) is 0 Å². The summed E-state index contributed by atoms with van der Waals surface area (Å²) in [5.41, 5.74) is 1.02. The van der Waals surface area contributed by atoms with Crippen LogP contribution in [0.5, 0.6) is 5.75 Å². The molecule has 1 aliphatic rings. The lowest BCUT2D eigenvalue weighted by molar-refractivity contribution is -0.142. The van der Waals surface area contributed by atoms with Gasteiger partial charge in [-0.25, -0.2) is 0 Å². The van der Waals surface area contributed by atoms with Gasteiger partial charge in [0.25, 0.3) is 5.91 Å². The van der Waals surface area contributed by atoms with Crippen LogP contribution >= 0.6 is 0 Å². The number of aromatic hydroxyl groups is 1. The van der Waals surface area contributed by atoms with Crippen molar-refractivity contribution in [2.45, 2.75) is 38.6 Å². The van der Waals surface area contributed by atoms with Gasteiger partial charge in [-0.05, 0) is 44.7 Å². The summed E-state index contributed by atoms with van der Waals surface area (Å²) in [6.45, 7) is 1.70. The molecule has 0 unspecified atom stereocenters. The Morgan fingerprint density at radius 2 is 1.85 bits per heavy atom. The topological polar surface area (TPSA) is 86.6 Å². The van der Waals surface area contributed by atoms with Gasteiger partial charge in [0.05, 0.1) is 5.92 Å². The molecule has 20 heavy (non-hydrogen) atoms. The molecule has 0 heterocycles. The zero-order valence-corrected chi connectivity index (χ0v) is 11.4. The lowest BCUT2D eigenvalue weighted by Gasteiger charge is -2.27. The molecule has 1 aromatic rings. The van der Waals surface area contributed by atoms with Gasteiger partial charge in [-0.15, -0.1) is 0 Å². The molecule has 3 N–H and O–H groups in total. The van der Waals surface area contributed by atoms with Crippen molar-refractivity contribution in [1.82, 2.24) is 5.32 Å². The number of aliphatic carboxylic acids is 1. The van der Waals surface area contributed by atoms with Gasteiger partial charge in [0.2, 0.25) is 0 Å². The number of carboxylic acid groups (broad SMARTS) is 1. The van der Waals surface area contributed by atoms with E-state index in [2.05, 4.69) is 5.32 Å². The number of hydrogen-bond acceptors (Lipinski definition) is 3. The van der Waals surface area contributed by atoms with Crippen LogP contribution in [0, 0.1) is 12.8 Å². The molecule has 5 heteroatoms. The summed E-state index contributed by atoms with van der Waals surface area (Å²) in [6, 6.07) is 4.87. The predicted molar refractivity (Wildman–Crippen MR) is 73.7 cm³/mol. The van der Waals surface area contributed by atoms with Crippen LogP contribution in [-0.2, 0) is 4.79 Å². The Morgan fingerprint density at radius 3 is 2.45 bits per heavy atom. The largest absolute Gasteiger partial charge is 0.508 e. The second-order valence-corrected chi connectivity index (χ2v) is 5.31. The lowest BCUT2D eigenvalue weighted by atomic mass is 9.86. The molecule has 0 atom stereocenters. The highest BCUT2D eigenvalue weighted by Crippen LogP contribution is 2.25. The third-order valence-electron chi connectivity index (χ3n) is 3.96. The molecule has 0 bridgehead atoms. The lowest BCUT2D eigenvalue weighted by Crippen LogP contribution is -2.38. The predicted octanol–water partition coefficient (Wildman–Crippen LogP) is 2.07. The van der Waals surface area contributed by atoms with Crippen molar-refractivity contribution in [2.75, 3.05) is 0 Å². The average Bonchev–Trinajstić information content (AvgIpc) is 2.42. The first kappa shape index (κ1) is 14.4. The van der Waals surface area contributed by atoms with Gasteiger partial charge >= 0.3 is 5.97 Å². The highest BCUT2D eigenvalue weighted by atomic mass is 16.4. The van der Waals surface area contributed by atoms with E-state index >= 15 is 0 Å². The Hall–Kier alpha value is -2.04. The molecular weight excluding hydrogens is 258 g/mol. The zero-order chi connectivity index (χ0) is 14.7. The molecule has 0 saturated heterocycles. The van der Waals surface area contributed by atoms with Crippen LogP contribution in [0.1, 0.15) is 41.6 Å². The minimum atomic E-state index is -0.751. The molecule has 2 rings (SSSR count). The number of carboxylic acids is 1. The van der Waals surface area contributed by atoms with E-state index in [0.717, 1.165) is 0 Å². The van der Waals surface area contributed by atoms with Crippen LogP contribution in [0.15, 0.2) is 18.2 Å². The maximum atomic E-state index is 12.2. The first-order chi connectivity index (χ1) is 9.49. The summed E-state index contributed by atoms with van der Waals surface area (Å²) in [7, 11) is 0. The summed E-state index contributed by atoms with van der Waals surface area (Å²) >= 11 is 0. The van der Waals surface area contributed by atoms with E-state index in [1.165, 1.54) is 0 Å². The molecule has 108 valence electrons. The van der Waals surface area contributed by atoms with E-state index in [9.17, 15) is 14.7 Å². The quantitative estimate of drug-likeness (QED) is 0.789. The van der Waals surface area contributed by atoms with Crippen LogP contribution in [0.25, 0.3) is 0 Å². The number of amides is 1. The fraction of sp³-hybridized carbons (Fsp3) is 0.467. The molecule has 1 saturated carbocycles. The van der Waals surface area contributed by atoms with Gasteiger partial charge in [-0.1, -0.05) is 6.07 Å². The van der Waals surface area contributed by atoms with Crippen molar-refractivity contribution in [3.8, 4) is 5.75 Å². The molecule has 0 spiro atoms. The first-order valence-corrected chi connectivity index (χ1v) is 6.81. The highest BCUT2D eigenvalue weighted by Gasteiger charge is 2.27. The molecule has 1 aromatic carbocycles. The standard InChI is InChI=1S/C15H19NO4/c1-9-12(3-2-4-13(9)17)14(18)16-11-7-5-10(6-8-11)15(19)20/h2-4,10-11,17H,5-8H2,1H3,(H,16,18)(H,19,20). The van der Waals surface area contributed by atoms with Crippen LogP contribution < -0.4 is 5.32 Å². The average molecular weight is 277 g/mol. The maximum Gasteiger partial charge on any atom is 0.306 e. The van der Waals surface area contributed by atoms with Crippen molar-refractivity contribution in [3.63, 3.8) is 0 Å². The summed E-state index contributed by atoms with van der Waals surface area (Å²) in [4.78, 5) is 23.0. The van der Waals surface area contributed by atoms with E-state index < -0.39 is 5.97 Å². The maximum absolute atomic E-state index is 12.2. The van der Waals surface area contributed by atoms with Gasteiger partial charge < -0.3 is 15.5 Å². The van der Waals surface area contributed by atoms with Gasteiger partial charge in [0, 0.05) is 17.2 Å². The van der Waals surface area contributed by atoms with Gasteiger partial charge in [-0.3, -0.25) is 9.59 Å². The molecule has 0 aliphatic heterocycles. The number of phenolic OH excluding ortho intramolecular Hbond substituents is 1. The van der Waals surface area contributed by atoms with Crippen LogP contribution in [0.3, 0.4) is 0 Å². The number of benzene rings is 1. The van der Waals surface area contributed by atoms with Crippen molar-refractivity contribution in [2.24, 2.45) is 5.92 Å². The van der Waals surface area contributed by atoms with Gasteiger partial charge in [-0.2, -0.15) is 0 Å². The number of nitrogens with one attached hydrogen (secondary N) is 1. The Morgan fingerprint density at radius 1 is 1.20 bits per heavy atom. The van der Waals surface area contributed by atoms with Crippen LogP contribution in [0.4, 0.5) is 0 Å². The van der Waals surface area contributed by atoms with Gasteiger partial charge in [0.1, 0.15) is 5.75 Å². The highest BCUT2D eigenvalue weighted by molar-refractivity contribution is 5.96. The number of rotatable bonds is 3. The molecule has 1 fully saturated rings. The smallest absolute Gasteiger partial charge is 0.306 e. The summed E-state index contributed by atoms with van der Waals surface area (Å²) < 4.78 is 0. The fourth-order valence-electron chi connectivity index (χ4n) is 2.62. The Bertz CT molecular complexity index is 519. The third-order valence-corrected chi connectivity index (χ3v) is 3.96. The minimum Gasteiger partial charge on any atom is -0.508 e. The number of carbonyl (C=O) groups is 2. The van der Waals surface area contributed by atoms with E-state index in [1.54, 1.807) is 25.1 Å². The molecule has 0 aromatic heterocycles. The minimum absolute atomic E-state index is 0.0137. The normalized spacial score (nSPS) is 22.2. The van der Waals surface area contributed by atoms with E-state index in [4.69, 9.17) is 5.11 Å². The van der Waals surface area contributed by atoms with Crippen molar-refractivity contribution in [1.29, 1.82) is 0 Å². The Balaban J connectivity index is 1.96. The SMILES string of the molecule is Cc1c(O)cccc1C(=O)NC1CCC(C(=O)O)CC1. The number of carbonyl (C=O) groups excluding carboxylic acids is 1. The van der Waals surface area contributed by atoms with Crippen molar-refractivity contribution < 1.29 is 19.8 Å². The summed E-state index contributed by atoms with van der Waals surface area (Å²) in [6.07, 6.45) is 2.56. The molecule has 5 nitrogen and oxygen atoms in total. The first-order valence-electron chi connectivity index (χ1n) is 6.81. The number of phenols is 1. The Kier molecular flexibility index (Phi) is 4.27. The molecule has 0 radical (unpaired) electrons. The Labute approximate surface area is 117 Å². The van der Waals surface area contributed by atoms with E-state index in [1.807, 2.05) is 0 Å². The third kappa shape index (κ3) is 3.10. The van der Waals surface area contributed by atoms with Crippen molar-refractivity contribution >= 4 is 11.9 Å². The second kappa shape index (κ2) is 5.94. The fourth-order valence-corrected chi connectivity index (χ4v) is 2.62. The number of hydrogen-bond donors (Lipinski definition) is 3. The summed E-state index contributed by atoms with van der Waals surface area (Å²) in [5.74, 6) is -1.14. The van der Waals surface area contributed by atoms with Gasteiger partial charge in [0.15, 0.2) is 0 Å². The summed E-state index contributed by atoms with van der Waals surface area (Å²) in [5, 5.41) is 21.5. The van der Waals surface area contributed by atoms with E-state index in [-0.39, 0.29) is 23.6 Å². The molecular formula is C15H19NO4. The van der Waals surface area contributed by atoms with Crippen LogP contribution in [-0.4, -0.2) is 28.1 Å². The molecule has 1 aliphatic carbocycles. The zero-order valence-electron chi connectivity index (χ0n) is 11.4. The second-order valence-electron chi connectivity index (χ2n) is 5.31.